The lowest BCUT2D eigenvalue weighted by Crippen LogP contribution is -2.54. The van der Waals surface area contributed by atoms with E-state index in [0.29, 0.717) is 24.3 Å². The predicted octanol–water partition coefficient (Wildman–Crippen LogP) is 0.929. The first-order chi connectivity index (χ1) is 9.49. The number of likely N-dealkylation sites (tertiary alicyclic amines) is 1. The number of nitrogens with zero attached hydrogens (tertiary/aromatic N) is 4. The van der Waals surface area contributed by atoms with Gasteiger partial charge in [0.05, 0.1) is 6.20 Å². The summed E-state index contributed by atoms with van der Waals surface area (Å²) in [5.41, 5.74) is 7.21. The Morgan fingerprint density at radius 3 is 3.05 bits per heavy atom. The predicted molar refractivity (Wildman–Crippen MR) is 75.3 cm³/mol. The zero-order valence-electron chi connectivity index (χ0n) is 11.8. The molecule has 1 atom stereocenters. The number of aromatic nitrogens is 3. The number of nitrogens with two attached hydrogens (primary N) is 1. The summed E-state index contributed by atoms with van der Waals surface area (Å²) in [5, 5.41) is 4.17. The Hall–Kier alpha value is -1.95. The highest BCUT2D eigenvalue weighted by Crippen LogP contribution is 2.28. The lowest BCUT2D eigenvalue weighted by molar-refractivity contribution is 0.0534. The summed E-state index contributed by atoms with van der Waals surface area (Å²) in [7, 11) is 0. The van der Waals surface area contributed by atoms with Crippen LogP contribution in [0.4, 0.5) is 0 Å². The summed E-state index contributed by atoms with van der Waals surface area (Å²) >= 11 is 0. The molecule has 0 aromatic carbocycles. The van der Waals surface area contributed by atoms with Gasteiger partial charge in [-0.05, 0) is 17.9 Å². The second-order valence-electron chi connectivity index (χ2n) is 6.06. The molecule has 0 saturated carbocycles. The van der Waals surface area contributed by atoms with Gasteiger partial charge in [0, 0.05) is 31.5 Å². The summed E-state index contributed by atoms with van der Waals surface area (Å²) in [6.45, 7) is 5.56. The van der Waals surface area contributed by atoms with Gasteiger partial charge in [0.2, 0.25) is 0 Å². The zero-order valence-corrected chi connectivity index (χ0v) is 11.8. The average Bonchev–Trinajstić information content (AvgIpc) is 2.85. The Bertz CT molecular complexity index is 648. The number of hydrogen-bond donors (Lipinski definition) is 1. The first-order valence-corrected chi connectivity index (χ1v) is 6.82. The topological polar surface area (TPSA) is 76.5 Å². The summed E-state index contributed by atoms with van der Waals surface area (Å²) < 4.78 is 1.62. The van der Waals surface area contributed by atoms with Gasteiger partial charge in [-0.15, -0.1) is 0 Å². The van der Waals surface area contributed by atoms with Crippen LogP contribution in [0.15, 0.2) is 24.7 Å². The van der Waals surface area contributed by atoms with Crippen LogP contribution in [0.3, 0.4) is 0 Å². The Labute approximate surface area is 117 Å². The molecule has 0 spiro atoms. The fourth-order valence-corrected chi connectivity index (χ4v) is 2.70. The normalized spacial score (nSPS) is 22.1. The SMILES string of the molecule is CC1(C)CN(C(=O)c2cnn3cccnc23)CCC1N. The van der Waals surface area contributed by atoms with Gasteiger partial charge < -0.3 is 10.6 Å². The van der Waals surface area contributed by atoms with E-state index < -0.39 is 0 Å². The molecule has 106 valence electrons. The van der Waals surface area contributed by atoms with Gasteiger partial charge in [-0.1, -0.05) is 13.8 Å². The maximum atomic E-state index is 12.7. The molecular weight excluding hydrogens is 254 g/mol. The largest absolute Gasteiger partial charge is 0.338 e. The van der Waals surface area contributed by atoms with Crippen molar-refractivity contribution in [3.8, 4) is 0 Å². The van der Waals surface area contributed by atoms with Gasteiger partial charge >= 0.3 is 0 Å². The molecule has 1 aliphatic heterocycles. The molecule has 20 heavy (non-hydrogen) atoms. The van der Waals surface area contributed by atoms with Crippen LogP contribution < -0.4 is 5.73 Å². The van der Waals surface area contributed by atoms with E-state index in [4.69, 9.17) is 5.73 Å². The summed E-state index contributed by atoms with van der Waals surface area (Å²) in [5.74, 6) is -0.0151. The van der Waals surface area contributed by atoms with E-state index in [9.17, 15) is 4.79 Å². The molecule has 1 fully saturated rings. The summed E-state index contributed by atoms with van der Waals surface area (Å²) in [4.78, 5) is 18.8. The average molecular weight is 273 g/mol. The van der Waals surface area contributed by atoms with Crippen LogP contribution in [0, 0.1) is 5.41 Å². The highest BCUT2D eigenvalue weighted by molar-refractivity contribution is 5.99. The minimum Gasteiger partial charge on any atom is -0.338 e. The van der Waals surface area contributed by atoms with E-state index in [0.717, 1.165) is 6.42 Å². The highest BCUT2D eigenvalue weighted by Gasteiger charge is 2.36. The number of rotatable bonds is 1. The maximum absolute atomic E-state index is 12.7. The van der Waals surface area contributed by atoms with Gasteiger partial charge in [-0.25, -0.2) is 9.50 Å². The lowest BCUT2D eigenvalue weighted by Gasteiger charge is -2.42. The molecule has 1 unspecified atom stereocenters. The van der Waals surface area contributed by atoms with Crippen molar-refractivity contribution in [2.75, 3.05) is 13.1 Å². The van der Waals surface area contributed by atoms with Gasteiger partial charge in [0.25, 0.3) is 5.91 Å². The second kappa shape index (κ2) is 4.56. The molecule has 3 heterocycles. The molecule has 6 nitrogen and oxygen atoms in total. The molecule has 1 amide bonds. The van der Waals surface area contributed by atoms with E-state index in [1.807, 2.05) is 4.90 Å². The molecule has 1 saturated heterocycles. The van der Waals surface area contributed by atoms with Crippen LogP contribution in [0.1, 0.15) is 30.6 Å². The third-order valence-electron chi connectivity index (χ3n) is 4.11. The molecular formula is C14H19N5O. The number of hydrogen-bond acceptors (Lipinski definition) is 4. The molecule has 2 aromatic rings. The van der Waals surface area contributed by atoms with Gasteiger partial charge in [0.15, 0.2) is 5.65 Å². The Morgan fingerprint density at radius 2 is 2.30 bits per heavy atom. The number of carbonyl (C=O) groups is 1. The smallest absolute Gasteiger partial charge is 0.259 e. The Kier molecular flexibility index (Phi) is 2.97. The lowest BCUT2D eigenvalue weighted by atomic mass is 9.79. The van der Waals surface area contributed by atoms with E-state index in [-0.39, 0.29) is 17.4 Å². The molecule has 3 rings (SSSR count). The highest BCUT2D eigenvalue weighted by atomic mass is 16.2. The number of piperidine rings is 1. The molecule has 0 radical (unpaired) electrons. The van der Waals surface area contributed by atoms with E-state index in [1.165, 1.54) is 0 Å². The second-order valence-corrected chi connectivity index (χ2v) is 6.06. The molecule has 1 aliphatic rings. The monoisotopic (exact) mass is 273 g/mol. The fourth-order valence-electron chi connectivity index (χ4n) is 2.70. The quantitative estimate of drug-likeness (QED) is 0.838. The number of carbonyl (C=O) groups excluding carboxylic acids is 1. The Morgan fingerprint density at radius 1 is 1.50 bits per heavy atom. The van der Waals surface area contributed by atoms with Crippen molar-refractivity contribution >= 4 is 11.6 Å². The van der Waals surface area contributed by atoms with E-state index >= 15 is 0 Å². The van der Waals surface area contributed by atoms with Crippen LogP contribution in [0.25, 0.3) is 5.65 Å². The van der Waals surface area contributed by atoms with Crippen LogP contribution >= 0.6 is 0 Å². The van der Waals surface area contributed by atoms with Crippen molar-refractivity contribution in [2.24, 2.45) is 11.1 Å². The molecule has 0 aliphatic carbocycles. The van der Waals surface area contributed by atoms with Gasteiger partial charge in [-0.2, -0.15) is 5.10 Å². The first-order valence-electron chi connectivity index (χ1n) is 6.82. The van der Waals surface area contributed by atoms with Crippen LogP contribution in [0.5, 0.6) is 0 Å². The van der Waals surface area contributed by atoms with Crippen molar-refractivity contribution in [3.05, 3.63) is 30.2 Å². The van der Waals surface area contributed by atoms with Crippen molar-refractivity contribution in [1.29, 1.82) is 0 Å². The molecule has 0 bridgehead atoms. The van der Waals surface area contributed by atoms with Crippen LogP contribution in [-0.2, 0) is 0 Å². The van der Waals surface area contributed by atoms with Crippen LogP contribution in [0.2, 0.25) is 0 Å². The van der Waals surface area contributed by atoms with Crippen molar-refractivity contribution in [2.45, 2.75) is 26.3 Å². The fraction of sp³-hybridized carbons (Fsp3) is 0.500. The van der Waals surface area contributed by atoms with Gasteiger partial charge in [0.1, 0.15) is 5.56 Å². The van der Waals surface area contributed by atoms with Crippen molar-refractivity contribution in [1.82, 2.24) is 19.5 Å². The van der Waals surface area contributed by atoms with Crippen molar-refractivity contribution < 1.29 is 4.79 Å². The number of amides is 1. The summed E-state index contributed by atoms with van der Waals surface area (Å²) in [6, 6.07) is 1.92. The third kappa shape index (κ3) is 2.06. The maximum Gasteiger partial charge on any atom is 0.259 e. The van der Waals surface area contributed by atoms with E-state index in [1.54, 1.807) is 29.2 Å². The minimum absolute atomic E-state index is 0.0151. The van der Waals surface area contributed by atoms with E-state index in [2.05, 4.69) is 23.9 Å². The number of fused-ring (bicyclic) bond motifs is 1. The molecule has 6 heteroatoms. The first kappa shape index (κ1) is 13.1. The Balaban J connectivity index is 1.90. The zero-order chi connectivity index (χ0) is 14.3. The third-order valence-corrected chi connectivity index (χ3v) is 4.11. The van der Waals surface area contributed by atoms with Gasteiger partial charge in [-0.3, -0.25) is 4.79 Å². The standard InChI is InChI=1S/C14H19N5O/c1-14(2)9-18(7-4-11(14)15)13(20)10-8-17-19-6-3-5-16-12(10)19/h3,5-6,8,11H,4,7,9,15H2,1-2H3. The minimum atomic E-state index is -0.0652. The summed E-state index contributed by atoms with van der Waals surface area (Å²) in [6.07, 6.45) is 5.87. The van der Waals surface area contributed by atoms with Crippen LogP contribution in [-0.4, -0.2) is 44.5 Å². The van der Waals surface area contributed by atoms with Crippen molar-refractivity contribution in [3.63, 3.8) is 0 Å². The molecule has 2 aromatic heterocycles. The molecule has 2 N–H and O–H groups in total.